The lowest BCUT2D eigenvalue weighted by Gasteiger charge is -2.20. The first-order valence-electron chi connectivity index (χ1n) is 6.65. The SMILES string of the molecule is CCc1cccc(C(c2cccc(F)c2)[C@@H](N)C#N)c1. The quantitative estimate of drug-likeness (QED) is 0.924. The molecule has 20 heavy (non-hydrogen) atoms. The molecule has 0 aliphatic rings. The van der Waals surface area contributed by atoms with Gasteiger partial charge in [-0.05, 0) is 35.2 Å². The Morgan fingerprint density at radius 2 is 1.80 bits per heavy atom. The summed E-state index contributed by atoms with van der Waals surface area (Å²) in [4.78, 5) is 0. The number of halogens is 1. The highest BCUT2D eigenvalue weighted by Crippen LogP contribution is 2.28. The molecule has 0 aliphatic carbocycles. The van der Waals surface area contributed by atoms with Crippen LogP contribution in [0.2, 0.25) is 0 Å². The minimum atomic E-state index is -0.705. The molecule has 2 N–H and O–H groups in total. The molecule has 0 radical (unpaired) electrons. The van der Waals surface area contributed by atoms with Crippen LogP contribution in [0.15, 0.2) is 48.5 Å². The van der Waals surface area contributed by atoms with Crippen LogP contribution < -0.4 is 5.73 Å². The monoisotopic (exact) mass is 268 g/mol. The summed E-state index contributed by atoms with van der Waals surface area (Å²) >= 11 is 0. The highest BCUT2D eigenvalue weighted by atomic mass is 19.1. The molecule has 3 heteroatoms. The minimum absolute atomic E-state index is 0.315. The summed E-state index contributed by atoms with van der Waals surface area (Å²) in [7, 11) is 0. The van der Waals surface area contributed by atoms with Gasteiger partial charge in [-0.25, -0.2) is 4.39 Å². The van der Waals surface area contributed by atoms with Gasteiger partial charge in [0.25, 0.3) is 0 Å². The van der Waals surface area contributed by atoms with E-state index >= 15 is 0 Å². The Labute approximate surface area is 118 Å². The van der Waals surface area contributed by atoms with Crippen LogP contribution in [0.3, 0.4) is 0 Å². The van der Waals surface area contributed by atoms with E-state index in [4.69, 9.17) is 11.0 Å². The first kappa shape index (κ1) is 14.2. The number of nitrogens with two attached hydrogens (primary N) is 1. The predicted molar refractivity (Wildman–Crippen MR) is 77.7 cm³/mol. The number of rotatable bonds is 4. The van der Waals surface area contributed by atoms with E-state index in [2.05, 4.69) is 13.0 Å². The Balaban J connectivity index is 2.50. The van der Waals surface area contributed by atoms with Crippen molar-refractivity contribution in [3.63, 3.8) is 0 Å². The lowest BCUT2D eigenvalue weighted by molar-refractivity contribution is 0.619. The smallest absolute Gasteiger partial charge is 0.123 e. The molecule has 102 valence electrons. The van der Waals surface area contributed by atoms with Crippen molar-refractivity contribution in [2.75, 3.05) is 0 Å². The largest absolute Gasteiger partial charge is 0.315 e. The highest BCUT2D eigenvalue weighted by molar-refractivity contribution is 5.38. The summed E-state index contributed by atoms with van der Waals surface area (Å²) in [6, 6.07) is 15.6. The molecule has 2 aromatic rings. The molecule has 0 amide bonds. The zero-order valence-electron chi connectivity index (χ0n) is 11.4. The van der Waals surface area contributed by atoms with E-state index in [0.717, 1.165) is 17.5 Å². The molecule has 2 nitrogen and oxygen atoms in total. The summed E-state index contributed by atoms with van der Waals surface area (Å²) in [5.41, 5.74) is 8.79. The topological polar surface area (TPSA) is 49.8 Å². The molecular weight excluding hydrogens is 251 g/mol. The van der Waals surface area contributed by atoms with Gasteiger partial charge in [-0.2, -0.15) is 5.26 Å². The van der Waals surface area contributed by atoms with Crippen LogP contribution >= 0.6 is 0 Å². The van der Waals surface area contributed by atoms with Crippen molar-refractivity contribution in [3.05, 3.63) is 71.0 Å². The van der Waals surface area contributed by atoms with Crippen molar-refractivity contribution in [1.29, 1.82) is 5.26 Å². The molecule has 1 unspecified atom stereocenters. The fourth-order valence-corrected chi connectivity index (χ4v) is 2.39. The zero-order chi connectivity index (χ0) is 14.5. The average Bonchev–Trinajstić information content (AvgIpc) is 2.47. The first-order valence-corrected chi connectivity index (χ1v) is 6.65. The van der Waals surface area contributed by atoms with Gasteiger partial charge in [-0.15, -0.1) is 0 Å². The lowest BCUT2D eigenvalue weighted by Crippen LogP contribution is -2.27. The maximum atomic E-state index is 13.4. The summed E-state index contributed by atoms with van der Waals surface area (Å²) < 4.78 is 13.4. The Morgan fingerprint density at radius 1 is 1.15 bits per heavy atom. The van der Waals surface area contributed by atoms with Crippen LogP contribution in [0, 0.1) is 17.1 Å². The van der Waals surface area contributed by atoms with Gasteiger partial charge in [-0.1, -0.05) is 43.3 Å². The number of hydrogen-bond donors (Lipinski definition) is 1. The summed E-state index contributed by atoms with van der Waals surface area (Å²) in [5, 5.41) is 9.15. The zero-order valence-corrected chi connectivity index (χ0v) is 11.4. The van der Waals surface area contributed by atoms with Gasteiger partial charge >= 0.3 is 0 Å². The predicted octanol–water partition coefficient (Wildman–Crippen LogP) is 3.37. The lowest BCUT2D eigenvalue weighted by atomic mass is 9.85. The molecular formula is C17H17FN2. The van der Waals surface area contributed by atoms with Gasteiger partial charge in [0.15, 0.2) is 0 Å². The Morgan fingerprint density at radius 3 is 2.40 bits per heavy atom. The van der Waals surface area contributed by atoms with E-state index in [-0.39, 0.29) is 11.7 Å². The molecule has 0 spiro atoms. The molecule has 0 aromatic heterocycles. The highest BCUT2D eigenvalue weighted by Gasteiger charge is 2.22. The van der Waals surface area contributed by atoms with Crippen molar-refractivity contribution in [1.82, 2.24) is 0 Å². The number of nitrogens with zero attached hydrogens (tertiary/aromatic N) is 1. The Hall–Kier alpha value is -2.18. The summed E-state index contributed by atoms with van der Waals surface area (Å²) in [6.07, 6.45) is 0.908. The van der Waals surface area contributed by atoms with Crippen molar-refractivity contribution < 1.29 is 4.39 Å². The van der Waals surface area contributed by atoms with Gasteiger partial charge in [0.2, 0.25) is 0 Å². The third kappa shape index (κ3) is 3.04. The van der Waals surface area contributed by atoms with Crippen molar-refractivity contribution in [2.45, 2.75) is 25.3 Å². The van der Waals surface area contributed by atoms with Crippen LogP contribution in [0.25, 0.3) is 0 Å². The Kier molecular flexibility index (Phi) is 4.49. The molecule has 0 saturated carbocycles. The molecule has 0 aliphatic heterocycles. The van der Waals surface area contributed by atoms with Gasteiger partial charge in [0, 0.05) is 5.92 Å². The van der Waals surface area contributed by atoms with Crippen LogP contribution in [0.1, 0.15) is 29.5 Å². The average molecular weight is 268 g/mol. The van der Waals surface area contributed by atoms with Gasteiger partial charge in [-0.3, -0.25) is 0 Å². The molecule has 0 bridgehead atoms. The molecule has 2 aromatic carbocycles. The minimum Gasteiger partial charge on any atom is -0.315 e. The second-order valence-electron chi connectivity index (χ2n) is 4.79. The number of hydrogen-bond acceptors (Lipinski definition) is 2. The van der Waals surface area contributed by atoms with Crippen LogP contribution in [0.4, 0.5) is 4.39 Å². The van der Waals surface area contributed by atoms with Crippen molar-refractivity contribution in [3.8, 4) is 6.07 Å². The molecule has 0 fully saturated rings. The molecule has 2 atom stereocenters. The maximum Gasteiger partial charge on any atom is 0.123 e. The number of aryl methyl sites for hydroxylation is 1. The van der Waals surface area contributed by atoms with Gasteiger partial charge in [0.1, 0.15) is 11.9 Å². The number of nitriles is 1. The van der Waals surface area contributed by atoms with E-state index in [1.165, 1.54) is 17.7 Å². The molecule has 2 rings (SSSR count). The maximum absolute atomic E-state index is 13.4. The molecule has 0 heterocycles. The van der Waals surface area contributed by atoms with Crippen molar-refractivity contribution >= 4 is 0 Å². The second-order valence-corrected chi connectivity index (χ2v) is 4.79. The van der Waals surface area contributed by atoms with Crippen LogP contribution in [0.5, 0.6) is 0 Å². The van der Waals surface area contributed by atoms with Crippen molar-refractivity contribution in [2.24, 2.45) is 5.73 Å². The van der Waals surface area contributed by atoms with E-state index in [9.17, 15) is 4.39 Å². The second kappa shape index (κ2) is 6.31. The normalized spacial score (nSPS) is 13.5. The van der Waals surface area contributed by atoms with E-state index in [1.807, 2.05) is 30.3 Å². The Bertz CT molecular complexity index is 631. The fourth-order valence-electron chi connectivity index (χ4n) is 2.39. The third-order valence-corrected chi connectivity index (χ3v) is 3.43. The first-order chi connectivity index (χ1) is 9.65. The van der Waals surface area contributed by atoms with E-state index in [1.54, 1.807) is 6.07 Å². The van der Waals surface area contributed by atoms with E-state index in [0.29, 0.717) is 0 Å². The van der Waals surface area contributed by atoms with Gasteiger partial charge < -0.3 is 5.73 Å². The van der Waals surface area contributed by atoms with Gasteiger partial charge in [0.05, 0.1) is 6.07 Å². The third-order valence-electron chi connectivity index (χ3n) is 3.43. The van der Waals surface area contributed by atoms with E-state index < -0.39 is 6.04 Å². The molecule has 0 saturated heterocycles. The standard InChI is InChI=1S/C17H17FN2/c1-2-12-5-3-6-13(9-12)17(16(20)11-19)14-7-4-8-15(18)10-14/h3-10,16-17H,2,20H2,1H3/t16-,17?/m0/s1. The summed E-state index contributed by atoms with van der Waals surface area (Å²) in [5.74, 6) is -0.633. The van der Waals surface area contributed by atoms with Crippen LogP contribution in [-0.4, -0.2) is 6.04 Å². The summed E-state index contributed by atoms with van der Waals surface area (Å²) in [6.45, 7) is 2.07. The fraction of sp³-hybridized carbons (Fsp3) is 0.235. The van der Waals surface area contributed by atoms with Crippen LogP contribution in [-0.2, 0) is 6.42 Å². The number of benzene rings is 2.